The Morgan fingerprint density at radius 2 is 2.04 bits per heavy atom. The van der Waals surface area contributed by atoms with E-state index in [-0.39, 0.29) is 23.3 Å². The fourth-order valence-corrected chi connectivity index (χ4v) is 4.15. The number of nitrogens with two attached hydrogens (primary N) is 1. The van der Waals surface area contributed by atoms with Crippen LogP contribution in [-0.2, 0) is 14.3 Å². The van der Waals surface area contributed by atoms with Gasteiger partial charge in [0.15, 0.2) is 0 Å². The van der Waals surface area contributed by atoms with Crippen molar-refractivity contribution in [3.8, 4) is 5.75 Å². The van der Waals surface area contributed by atoms with E-state index in [1.165, 1.54) is 0 Å². The van der Waals surface area contributed by atoms with Crippen molar-refractivity contribution in [1.82, 2.24) is 0 Å². The predicted octanol–water partition coefficient (Wildman–Crippen LogP) is 2.18. The maximum atomic E-state index is 12.9. The van der Waals surface area contributed by atoms with Crippen LogP contribution in [0.4, 0.5) is 5.69 Å². The molecule has 1 aliphatic heterocycles. The lowest BCUT2D eigenvalue weighted by Gasteiger charge is -2.65. The average molecular weight is 348 g/mol. The number of anilines is 1. The second kappa shape index (κ2) is 6.94. The molecule has 25 heavy (non-hydrogen) atoms. The Labute approximate surface area is 149 Å². The summed E-state index contributed by atoms with van der Waals surface area (Å²) < 4.78 is 16.3. The Bertz CT molecular complexity index is 616. The van der Waals surface area contributed by atoms with Gasteiger partial charge in [-0.3, -0.25) is 4.79 Å². The molecule has 1 amide bonds. The molecule has 0 aromatic heterocycles. The fourth-order valence-electron chi connectivity index (χ4n) is 4.15. The molecule has 1 aliphatic carbocycles. The Balaban J connectivity index is 1.65. The summed E-state index contributed by atoms with van der Waals surface area (Å²) in [5.74, 6) is 0.674. The number of hydrogen-bond acceptors (Lipinski definition) is 5. The summed E-state index contributed by atoms with van der Waals surface area (Å²) in [6, 6.07) is 7.30. The SMILES string of the molecule is COCCOc1ccc(NC(=O)C2(N)C3CCCOC3C2(C)C)cc1. The summed E-state index contributed by atoms with van der Waals surface area (Å²) in [5, 5.41) is 2.97. The smallest absolute Gasteiger partial charge is 0.245 e. The van der Waals surface area contributed by atoms with Gasteiger partial charge in [0.2, 0.25) is 5.91 Å². The number of carbonyl (C=O) groups excluding carboxylic acids is 1. The van der Waals surface area contributed by atoms with E-state index in [0.717, 1.165) is 25.2 Å². The lowest BCUT2D eigenvalue weighted by atomic mass is 9.46. The first-order chi connectivity index (χ1) is 11.9. The molecule has 6 heteroatoms. The summed E-state index contributed by atoms with van der Waals surface area (Å²) in [5.41, 5.74) is 6.03. The minimum absolute atomic E-state index is 0.0635. The maximum Gasteiger partial charge on any atom is 0.245 e. The van der Waals surface area contributed by atoms with Gasteiger partial charge in [-0.25, -0.2) is 0 Å². The summed E-state index contributed by atoms with van der Waals surface area (Å²) in [7, 11) is 1.63. The quantitative estimate of drug-likeness (QED) is 0.770. The van der Waals surface area contributed by atoms with Crippen LogP contribution in [0.15, 0.2) is 24.3 Å². The van der Waals surface area contributed by atoms with Crippen LogP contribution in [0.25, 0.3) is 0 Å². The van der Waals surface area contributed by atoms with Gasteiger partial charge in [-0.05, 0) is 37.1 Å². The van der Waals surface area contributed by atoms with Gasteiger partial charge in [0.1, 0.15) is 17.9 Å². The Kier molecular flexibility index (Phi) is 5.04. The van der Waals surface area contributed by atoms with Crippen molar-refractivity contribution in [1.29, 1.82) is 0 Å². The minimum atomic E-state index is -0.911. The first kappa shape index (κ1) is 18.2. The molecule has 0 radical (unpaired) electrons. The van der Waals surface area contributed by atoms with Crippen LogP contribution in [0.5, 0.6) is 5.75 Å². The fraction of sp³-hybridized carbons (Fsp3) is 0.632. The molecule has 1 aromatic rings. The number of methoxy groups -OCH3 is 1. The maximum absolute atomic E-state index is 12.9. The number of benzene rings is 1. The summed E-state index contributed by atoms with van der Waals surface area (Å²) in [4.78, 5) is 12.9. The number of nitrogens with one attached hydrogen (secondary N) is 1. The van der Waals surface area contributed by atoms with Gasteiger partial charge >= 0.3 is 0 Å². The molecule has 1 saturated carbocycles. The molecule has 2 aliphatic rings. The van der Waals surface area contributed by atoms with E-state index >= 15 is 0 Å². The zero-order valence-electron chi connectivity index (χ0n) is 15.2. The number of hydrogen-bond donors (Lipinski definition) is 2. The first-order valence-electron chi connectivity index (χ1n) is 8.85. The van der Waals surface area contributed by atoms with E-state index < -0.39 is 5.54 Å². The number of fused-ring (bicyclic) bond motifs is 1. The highest BCUT2D eigenvalue weighted by molar-refractivity contribution is 6.00. The molecule has 0 spiro atoms. The van der Waals surface area contributed by atoms with Crippen LogP contribution in [-0.4, -0.2) is 44.5 Å². The molecule has 3 unspecified atom stereocenters. The van der Waals surface area contributed by atoms with Crippen LogP contribution in [0, 0.1) is 11.3 Å². The van der Waals surface area contributed by atoms with Gasteiger partial charge < -0.3 is 25.3 Å². The van der Waals surface area contributed by atoms with Crippen molar-refractivity contribution in [2.24, 2.45) is 17.1 Å². The second-order valence-corrected chi connectivity index (χ2v) is 7.45. The van der Waals surface area contributed by atoms with Crippen molar-refractivity contribution in [3.05, 3.63) is 24.3 Å². The molecule has 1 saturated heterocycles. The summed E-state index contributed by atoms with van der Waals surface area (Å²) in [6.45, 7) is 5.82. The van der Waals surface area contributed by atoms with E-state index in [1.54, 1.807) is 7.11 Å². The van der Waals surface area contributed by atoms with E-state index in [9.17, 15) is 4.79 Å². The highest BCUT2D eigenvalue weighted by Crippen LogP contribution is 2.57. The van der Waals surface area contributed by atoms with Crippen molar-refractivity contribution >= 4 is 11.6 Å². The Morgan fingerprint density at radius 1 is 1.32 bits per heavy atom. The number of ether oxygens (including phenoxy) is 3. The molecule has 3 atom stereocenters. The Hall–Kier alpha value is -1.63. The lowest BCUT2D eigenvalue weighted by molar-refractivity contribution is -0.222. The Morgan fingerprint density at radius 3 is 2.72 bits per heavy atom. The monoisotopic (exact) mass is 348 g/mol. The van der Waals surface area contributed by atoms with E-state index in [0.29, 0.717) is 18.9 Å². The molecule has 3 N–H and O–H groups in total. The topological polar surface area (TPSA) is 82.8 Å². The molecular formula is C19H28N2O4. The third kappa shape index (κ3) is 3.03. The van der Waals surface area contributed by atoms with Gasteiger partial charge in [-0.15, -0.1) is 0 Å². The van der Waals surface area contributed by atoms with E-state index in [4.69, 9.17) is 19.9 Å². The zero-order chi connectivity index (χ0) is 18.1. The molecule has 138 valence electrons. The first-order valence-corrected chi connectivity index (χ1v) is 8.85. The number of rotatable bonds is 6. The standard InChI is InChI=1S/C19H28N2O4/c1-18(2)16-15(5-4-10-25-16)19(18,20)17(22)21-13-6-8-14(9-7-13)24-12-11-23-3/h6-9,15-16H,4-5,10-12,20H2,1-3H3,(H,21,22). The van der Waals surface area contributed by atoms with Crippen molar-refractivity contribution in [2.45, 2.75) is 38.3 Å². The molecule has 1 heterocycles. The molecule has 3 rings (SSSR count). The average Bonchev–Trinajstić information content (AvgIpc) is 2.62. The van der Waals surface area contributed by atoms with Crippen molar-refractivity contribution < 1.29 is 19.0 Å². The third-order valence-corrected chi connectivity index (χ3v) is 5.73. The number of carbonyl (C=O) groups is 1. The second-order valence-electron chi connectivity index (χ2n) is 7.45. The van der Waals surface area contributed by atoms with Gasteiger partial charge in [0, 0.05) is 30.7 Å². The van der Waals surface area contributed by atoms with Gasteiger partial charge in [-0.1, -0.05) is 13.8 Å². The minimum Gasteiger partial charge on any atom is -0.491 e. The molecule has 6 nitrogen and oxygen atoms in total. The largest absolute Gasteiger partial charge is 0.491 e. The van der Waals surface area contributed by atoms with E-state index in [2.05, 4.69) is 5.32 Å². The predicted molar refractivity (Wildman–Crippen MR) is 95.6 cm³/mol. The summed E-state index contributed by atoms with van der Waals surface area (Å²) in [6.07, 6.45) is 1.95. The van der Waals surface area contributed by atoms with Gasteiger partial charge in [0.05, 0.1) is 12.7 Å². The number of amides is 1. The highest BCUT2D eigenvalue weighted by atomic mass is 16.5. The van der Waals surface area contributed by atoms with Crippen molar-refractivity contribution in [2.75, 3.05) is 32.2 Å². The van der Waals surface area contributed by atoms with E-state index in [1.807, 2.05) is 38.1 Å². The zero-order valence-corrected chi connectivity index (χ0v) is 15.2. The van der Waals surface area contributed by atoms with Gasteiger partial charge in [0.25, 0.3) is 0 Å². The van der Waals surface area contributed by atoms with Crippen LogP contribution in [0.2, 0.25) is 0 Å². The van der Waals surface area contributed by atoms with Crippen molar-refractivity contribution in [3.63, 3.8) is 0 Å². The summed E-state index contributed by atoms with van der Waals surface area (Å²) >= 11 is 0. The molecular weight excluding hydrogens is 320 g/mol. The van der Waals surface area contributed by atoms with Crippen LogP contribution >= 0.6 is 0 Å². The van der Waals surface area contributed by atoms with Crippen LogP contribution in [0.1, 0.15) is 26.7 Å². The molecule has 0 bridgehead atoms. The molecule has 2 fully saturated rings. The van der Waals surface area contributed by atoms with Gasteiger partial charge in [-0.2, -0.15) is 0 Å². The lowest BCUT2D eigenvalue weighted by Crippen LogP contribution is -2.81. The van der Waals surface area contributed by atoms with Crippen LogP contribution < -0.4 is 15.8 Å². The normalized spacial score (nSPS) is 30.1. The van der Waals surface area contributed by atoms with Crippen LogP contribution in [0.3, 0.4) is 0 Å². The molecule has 1 aromatic carbocycles. The third-order valence-electron chi connectivity index (χ3n) is 5.73. The highest BCUT2D eigenvalue weighted by Gasteiger charge is 2.70.